The van der Waals surface area contributed by atoms with Crippen LogP contribution in [-0.2, 0) is 29.1 Å². The van der Waals surface area contributed by atoms with E-state index >= 15 is 0 Å². The molecule has 0 saturated carbocycles. The molecule has 31 heavy (non-hydrogen) atoms. The second kappa shape index (κ2) is 10.1. The van der Waals surface area contributed by atoms with Gasteiger partial charge in [-0.05, 0) is 55.8 Å². The second-order valence-corrected chi connectivity index (χ2v) is 8.33. The van der Waals surface area contributed by atoms with Gasteiger partial charge in [0.2, 0.25) is 5.91 Å². The van der Waals surface area contributed by atoms with Crippen LogP contribution < -0.4 is 9.62 Å². The number of rotatable bonds is 8. The predicted octanol–water partition coefficient (Wildman–Crippen LogP) is 2.50. The molecule has 0 atom stereocenters. The molecule has 0 saturated heterocycles. The Morgan fingerprint density at radius 1 is 1.06 bits per heavy atom. The van der Waals surface area contributed by atoms with Crippen molar-refractivity contribution >= 4 is 39.2 Å². The summed E-state index contributed by atoms with van der Waals surface area (Å²) < 4.78 is 37.4. The van der Waals surface area contributed by atoms with Gasteiger partial charge >= 0.3 is 11.9 Å². The molecule has 1 amide bonds. The zero-order valence-corrected chi connectivity index (χ0v) is 18.5. The molecule has 0 heterocycles. The Morgan fingerprint density at radius 3 is 2.26 bits per heavy atom. The molecule has 0 fully saturated rings. The van der Waals surface area contributed by atoms with E-state index in [0.29, 0.717) is 11.3 Å². The first kappa shape index (κ1) is 23.9. The van der Waals surface area contributed by atoms with Gasteiger partial charge in [-0.25, -0.2) is 13.2 Å². The van der Waals surface area contributed by atoms with Crippen LogP contribution in [0.5, 0.6) is 0 Å². The van der Waals surface area contributed by atoms with Gasteiger partial charge in [-0.3, -0.25) is 13.9 Å². The molecule has 0 aliphatic heterocycles. The number of hydrogen-bond donors (Lipinski definition) is 1. The van der Waals surface area contributed by atoms with E-state index in [1.807, 2.05) is 0 Å². The van der Waals surface area contributed by atoms with Crippen molar-refractivity contribution in [2.24, 2.45) is 0 Å². The van der Waals surface area contributed by atoms with E-state index in [4.69, 9.17) is 4.74 Å². The molecule has 0 aromatic heterocycles. The average Bonchev–Trinajstić information content (AvgIpc) is 2.72. The van der Waals surface area contributed by atoms with Gasteiger partial charge in [0.05, 0.1) is 29.9 Å². The van der Waals surface area contributed by atoms with Crippen molar-refractivity contribution < 1.29 is 32.3 Å². The van der Waals surface area contributed by atoms with E-state index in [0.717, 1.165) is 11.4 Å². The van der Waals surface area contributed by atoms with Crippen molar-refractivity contribution in [3.63, 3.8) is 0 Å². The molecule has 0 unspecified atom stereocenters. The Hall–Kier alpha value is -3.40. The second-order valence-electron chi connectivity index (χ2n) is 6.46. The van der Waals surface area contributed by atoms with Crippen molar-refractivity contribution in [2.75, 3.05) is 29.9 Å². The number of ether oxygens (including phenoxy) is 2. The third kappa shape index (κ3) is 5.60. The molecule has 0 spiro atoms. The summed E-state index contributed by atoms with van der Waals surface area (Å²) in [5.41, 5.74) is 1.09. The fraction of sp³-hybridized carbons (Fsp3) is 0.286. The SMILES string of the molecule is CCOC(=O)c1cccc(N(CC(=O)OC)S(=O)(=O)c2ccc(NC(C)=O)cc2)c1C. The highest BCUT2D eigenvalue weighted by atomic mass is 32.2. The first-order chi connectivity index (χ1) is 14.6. The highest BCUT2D eigenvalue weighted by Crippen LogP contribution is 2.29. The summed E-state index contributed by atoms with van der Waals surface area (Å²) in [5, 5.41) is 2.55. The number of sulfonamides is 1. The predicted molar refractivity (Wildman–Crippen MR) is 114 cm³/mol. The van der Waals surface area contributed by atoms with Gasteiger partial charge in [0, 0.05) is 12.6 Å². The smallest absolute Gasteiger partial charge is 0.338 e. The van der Waals surface area contributed by atoms with Gasteiger partial charge < -0.3 is 14.8 Å². The summed E-state index contributed by atoms with van der Waals surface area (Å²) in [7, 11) is -3.06. The summed E-state index contributed by atoms with van der Waals surface area (Å²) in [6.45, 7) is 4.13. The Bertz CT molecular complexity index is 1080. The maximum absolute atomic E-state index is 13.4. The number of amides is 1. The highest BCUT2D eigenvalue weighted by molar-refractivity contribution is 7.92. The first-order valence-electron chi connectivity index (χ1n) is 9.35. The van der Waals surface area contributed by atoms with Crippen LogP contribution in [0.3, 0.4) is 0 Å². The molecule has 2 rings (SSSR count). The van der Waals surface area contributed by atoms with Gasteiger partial charge in [0.15, 0.2) is 0 Å². The minimum Gasteiger partial charge on any atom is -0.468 e. The van der Waals surface area contributed by atoms with Crippen LogP contribution in [0, 0.1) is 6.92 Å². The number of esters is 2. The highest BCUT2D eigenvalue weighted by Gasteiger charge is 2.30. The monoisotopic (exact) mass is 448 g/mol. The van der Waals surface area contributed by atoms with Gasteiger partial charge in [-0.1, -0.05) is 6.07 Å². The summed E-state index contributed by atoms with van der Waals surface area (Å²) in [5.74, 6) is -1.68. The maximum Gasteiger partial charge on any atom is 0.338 e. The topological polar surface area (TPSA) is 119 Å². The number of carbonyl (C=O) groups excluding carboxylic acids is 3. The van der Waals surface area contributed by atoms with Crippen LogP contribution in [0.25, 0.3) is 0 Å². The van der Waals surface area contributed by atoms with Gasteiger partial charge in [-0.2, -0.15) is 0 Å². The lowest BCUT2D eigenvalue weighted by atomic mass is 10.1. The molecule has 0 aliphatic carbocycles. The average molecular weight is 448 g/mol. The van der Waals surface area contributed by atoms with Crippen molar-refractivity contribution in [1.82, 2.24) is 0 Å². The molecular formula is C21H24N2O7S. The van der Waals surface area contributed by atoms with Crippen molar-refractivity contribution in [2.45, 2.75) is 25.7 Å². The van der Waals surface area contributed by atoms with Gasteiger partial charge in [0.25, 0.3) is 10.0 Å². The normalized spacial score (nSPS) is 10.8. The van der Waals surface area contributed by atoms with Crippen LogP contribution in [-0.4, -0.2) is 46.5 Å². The minimum absolute atomic E-state index is 0.105. The molecule has 0 radical (unpaired) electrons. The van der Waals surface area contributed by atoms with Crippen molar-refractivity contribution in [3.8, 4) is 0 Å². The summed E-state index contributed by atoms with van der Waals surface area (Å²) in [6, 6.07) is 10.0. The molecule has 0 aliphatic rings. The van der Waals surface area contributed by atoms with E-state index in [-0.39, 0.29) is 28.7 Å². The number of methoxy groups -OCH3 is 1. The number of hydrogen-bond acceptors (Lipinski definition) is 7. The Balaban J connectivity index is 2.56. The van der Waals surface area contributed by atoms with Crippen LogP contribution in [0.4, 0.5) is 11.4 Å². The molecule has 0 bridgehead atoms. The lowest BCUT2D eigenvalue weighted by Gasteiger charge is -2.25. The molecule has 166 valence electrons. The number of carbonyl (C=O) groups is 3. The molecule has 9 nitrogen and oxygen atoms in total. The van der Waals surface area contributed by atoms with E-state index in [9.17, 15) is 22.8 Å². The molecule has 10 heteroatoms. The molecule has 2 aromatic carbocycles. The number of nitrogens with one attached hydrogen (secondary N) is 1. The number of anilines is 2. The van der Waals surface area contributed by atoms with Crippen LogP contribution in [0.1, 0.15) is 29.8 Å². The Kier molecular flexibility index (Phi) is 7.76. The summed E-state index contributed by atoms with van der Waals surface area (Å²) in [6.07, 6.45) is 0. The Labute approximate surface area is 181 Å². The Morgan fingerprint density at radius 2 is 1.71 bits per heavy atom. The quantitative estimate of drug-likeness (QED) is 0.616. The standard InChI is InChI=1S/C21H24N2O7S/c1-5-30-21(26)18-7-6-8-19(14(18)2)23(13-20(25)29-4)31(27,28)17-11-9-16(10-12-17)22-15(3)24/h6-12H,5,13H2,1-4H3,(H,22,24). The van der Waals surface area contributed by atoms with E-state index < -0.39 is 28.5 Å². The maximum atomic E-state index is 13.4. The summed E-state index contributed by atoms with van der Waals surface area (Å²) >= 11 is 0. The zero-order valence-electron chi connectivity index (χ0n) is 17.7. The van der Waals surface area contributed by atoms with Crippen LogP contribution >= 0.6 is 0 Å². The van der Waals surface area contributed by atoms with Gasteiger partial charge in [-0.15, -0.1) is 0 Å². The van der Waals surface area contributed by atoms with Crippen molar-refractivity contribution in [1.29, 1.82) is 0 Å². The van der Waals surface area contributed by atoms with E-state index in [1.165, 1.54) is 49.4 Å². The summed E-state index contributed by atoms with van der Waals surface area (Å²) in [4.78, 5) is 35.3. The largest absolute Gasteiger partial charge is 0.468 e. The number of nitrogens with zero attached hydrogens (tertiary/aromatic N) is 1. The molecular weight excluding hydrogens is 424 g/mol. The van der Waals surface area contributed by atoms with E-state index in [1.54, 1.807) is 13.8 Å². The first-order valence-corrected chi connectivity index (χ1v) is 10.8. The fourth-order valence-electron chi connectivity index (χ4n) is 2.85. The van der Waals surface area contributed by atoms with Crippen LogP contribution in [0.15, 0.2) is 47.4 Å². The lowest BCUT2D eigenvalue weighted by molar-refractivity contribution is -0.138. The fourth-order valence-corrected chi connectivity index (χ4v) is 4.31. The third-order valence-electron chi connectivity index (χ3n) is 4.33. The minimum atomic E-state index is -4.21. The molecule has 1 N–H and O–H groups in total. The molecule has 2 aromatic rings. The number of benzene rings is 2. The van der Waals surface area contributed by atoms with E-state index in [2.05, 4.69) is 10.1 Å². The lowest BCUT2D eigenvalue weighted by Crippen LogP contribution is -2.37. The van der Waals surface area contributed by atoms with Crippen LogP contribution in [0.2, 0.25) is 0 Å². The van der Waals surface area contributed by atoms with Gasteiger partial charge in [0.1, 0.15) is 6.54 Å². The zero-order chi connectivity index (χ0) is 23.2. The third-order valence-corrected chi connectivity index (χ3v) is 6.11. The van der Waals surface area contributed by atoms with Crippen molar-refractivity contribution in [3.05, 3.63) is 53.6 Å².